The van der Waals surface area contributed by atoms with E-state index in [-0.39, 0.29) is 18.0 Å². The summed E-state index contributed by atoms with van der Waals surface area (Å²) in [5.74, 6) is 1.76. The third-order valence-corrected chi connectivity index (χ3v) is 5.76. The third-order valence-electron chi connectivity index (χ3n) is 5.76. The van der Waals surface area contributed by atoms with Crippen LogP contribution in [0.5, 0.6) is 11.5 Å². The van der Waals surface area contributed by atoms with Gasteiger partial charge in [-0.2, -0.15) is 4.98 Å². The third kappa shape index (κ3) is 4.31. The molecule has 0 saturated carbocycles. The van der Waals surface area contributed by atoms with Crippen LogP contribution in [0.15, 0.2) is 80.8 Å². The van der Waals surface area contributed by atoms with Crippen LogP contribution in [-0.2, 0) is 13.0 Å². The van der Waals surface area contributed by atoms with Crippen LogP contribution in [0.2, 0.25) is 0 Å². The van der Waals surface area contributed by atoms with Crippen molar-refractivity contribution < 1.29 is 14.0 Å². The summed E-state index contributed by atoms with van der Waals surface area (Å²) in [5.41, 5.74) is 1.91. The van der Waals surface area contributed by atoms with Crippen LogP contribution in [0.4, 0.5) is 0 Å². The van der Waals surface area contributed by atoms with Crippen molar-refractivity contribution in [3.63, 3.8) is 0 Å². The summed E-state index contributed by atoms with van der Waals surface area (Å²) in [6.45, 7) is 0.286. The lowest BCUT2D eigenvalue weighted by Gasteiger charge is -2.07. The number of nitrogens with zero attached hydrogens (tertiary/aromatic N) is 3. The summed E-state index contributed by atoms with van der Waals surface area (Å²) in [5, 5.41) is 4.46. The number of nitrogens with one attached hydrogen (secondary N) is 1. The lowest BCUT2D eigenvalue weighted by Crippen LogP contribution is -2.35. The van der Waals surface area contributed by atoms with Gasteiger partial charge in [0, 0.05) is 17.7 Å². The van der Waals surface area contributed by atoms with Gasteiger partial charge in [-0.25, -0.2) is 4.79 Å². The van der Waals surface area contributed by atoms with Gasteiger partial charge in [-0.1, -0.05) is 35.5 Å². The van der Waals surface area contributed by atoms with E-state index in [4.69, 9.17) is 14.0 Å². The Morgan fingerprint density at radius 1 is 0.914 bits per heavy atom. The number of rotatable bonds is 7. The first-order chi connectivity index (χ1) is 17.1. The second-order valence-electron chi connectivity index (χ2n) is 7.88. The van der Waals surface area contributed by atoms with Gasteiger partial charge >= 0.3 is 5.69 Å². The van der Waals surface area contributed by atoms with Crippen LogP contribution in [0.3, 0.4) is 0 Å². The Kier molecular flexibility index (Phi) is 5.88. The number of aryl methyl sites for hydroxylation is 1. The molecule has 0 amide bonds. The summed E-state index contributed by atoms with van der Waals surface area (Å²) >= 11 is 0. The van der Waals surface area contributed by atoms with Gasteiger partial charge in [0.2, 0.25) is 5.82 Å². The number of aromatic amines is 1. The molecule has 5 aromatic rings. The minimum atomic E-state index is -0.466. The van der Waals surface area contributed by atoms with Crippen LogP contribution < -0.4 is 20.7 Å². The van der Waals surface area contributed by atoms with Crippen molar-refractivity contribution in [2.75, 3.05) is 14.2 Å². The van der Waals surface area contributed by atoms with E-state index in [1.807, 2.05) is 30.3 Å². The summed E-state index contributed by atoms with van der Waals surface area (Å²) in [6.07, 6.45) is 0.578. The van der Waals surface area contributed by atoms with E-state index in [9.17, 15) is 9.59 Å². The van der Waals surface area contributed by atoms with Crippen LogP contribution in [-0.4, -0.2) is 33.9 Å². The highest BCUT2D eigenvalue weighted by Gasteiger charge is 2.15. The molecule has 0 atom stereocenters. The molecule has 5 rings (SSSR count). The monoisotopic (exact) mass is 470 g/mol. The lowest BCUT2D eigenvalue weighted by atomic mass is 10.1. The molecule has 0 unspecified atom stereocenters. The molecular weight excluding hydrogens is 448 g/mol. The minimum Gasteiger partial charge on any atom is -0.493 e. The summed E-state index contributed by atoms with van der Waals surface area (Å²) in [6, 6.07) is 20.1. The van der Waals surface area contributed by atoms with Crippen molar-refractivity contribution in [3.05, 3.63) is 93.1 Å². The normalized spacial score (nSPS) is 11.0. The predicted molar refractivity (Wildman–Crippen MR) is 131 cm³/mol. The maximum absolute atomic E-state index is 13.0. The largest absolute Gasteiger partial charge is 0.493 e. The van der Waals surface area contributed by atoms with E-state index < -0.39 is 5.69 Å². The van der Waals surface area contributed by atoms with Crippen LogP contribution >= 0.6 is 0 Å². The van der Waals surface area contributed by atoms with E-state index >= 15 is 0 Å². The van der Waals surface area contributed by atoms with Crippen LogP contribution in [0, 0.1) is 0 Å². The van der Waals surface area contributed by atoms with Crippen molar-refractivity contribution in [2.24, 2.45) is 0 Å². The number of benzene rings is 3. The molecular formula is C26H22N4O5. The molecule has 0 aliphatic rings. The molecule has 0 aliphatic carbocycles. The van der Waals surface area contributed by atoms with Gasteiger partial charge in [0.1, 0.15) is 0 Å². The number of aromatic nitrogens is 4. The Morgan fingerprint density at radius 3 is 2.46 bits per heavy atom. The Morgan fingerprint density at radius 2 is 1.69 bits per heavy atom. The fourth-order valence-corrected chi connectivity index (χ4v) is 3.91. The highest BCUT2D eigenvalue weighted by molar-refractivity contribution is 5.82. The lowest BCUT2D eigenvalue weighted by molar-refractivity contribution is 0.355. The van der Waals surface area contributed by atoms with E-state index in [2.05, 4.69) is 15.1 Å². The van der Waals surface area contributed by atoms with Crippen molar-refractivity contribution in [1.82, 2.24) is 19.7 Å². The minimum absolute atomic E-state index is 0.255. The molecule has 9 heteroatoms. The Bertz CT molecular complexity index is 1620. The zero-order chi connectivity index (χ0) is 24.4. The van der Waals surface area contributed by atoms with E-state index in [0.717, 1.165) is 5.56 Å². The number of fused-ring (bicyclic) bond motifs is 1. The second kappa shape index (κ2) is 9.30. The molecule has 35 heavy (non-hydrogen) atoms. The zero-order valence-electron chi connectivity index (χ0n) is 19.1. The number of ether oxygens (including phenoxy) is 2. The smallest absolute Gasteiger partial charge is 0.328 e. The van der Waals surface area contributed by atoms with Gasteiger partial charge in [0.15, 0.2) is 11.5 Å². The average Bonchev–Trinajstić information content (AvgIpc) is 3.39. The van der Waals surface area contributed by atoms with Gasteiger partial charge in [-0.05, 0) is 48.4 Å². The number of methoxy groups -OCH3 is 2. The molecule has 176 valence electrons. The van der Waals surface area contributed by atoms with E-state index in [0.29, 0.717) is 45.8 Å². The maximum atomic E-state index is 13.0. The van der Waals surface area contributed by atoms with Gasteiger partial charge in [-0.3, -0.25) is 9.36 Å². The van der Waals surface area contributed by atoms with Crippen molar-refractivity contribution >= 4 is 10.9 Å². The topological polar surface area (TPSA) is 112 Å². The first-order valence-corrected chi connectivity index (χ1v) is 10.9. The molecule has 1 N–H and O–H groups in total. The van der Waals surface area contributed by atoms with Crippen molar-refractivity contribution in [2.45, 2.75) is 13.0 Å². The SMILES string of the molecule is COc1ccc(-c2noc(-c3ccc4c(=O)n(CCc5ccccc5)c(=O)[nH]c4c3)n2)cc1OC. The molecule has 2 heterocycles. The molecule has 2 aromatic heterocycles. The predicted octanol–water partition coefficient (Wildman–Crippen LogP) is 3.67. The highest BCUT2D eigenvalue weighted by Crippen LogP contribution is 2.32. The van der Waals surface area contributed by atoms with Crippen LogP contribution in [0.1, 0.15) is 5.56 Å². The second-order valence-corrected chi connectivity index (χ2v) is 7.88. The molecule has 9 nitrogen and oxygen atoms in total. The Hall–Kier alpha value is -4.66. The number of hydrogen-bond acceptors (Lipinski definition) is 7. The average molecular weight is 470 g/mol. The molecule has 0 bridgehead atoms. The summed E-state index contributed by atoms with van der Waals surface area (Å²) < 4.78 is 17.3. The first kappa shape index (κ1) is 22.1. The standard InChI is InChI=1S/C26H22N4O5/c1-33-21-11-9-17(15-22(21)34-2)23-28-24(35-29-23)18-8-10-19-20(14-18)27-26(32)30(25(19)31)13-12-16-6-4-3-5-7-16/h3-11,14-15H,12-13H2,1-2H3,(H,27,32). The summed E-state index contributed by atoms with van der Waals surface area (Å²) in [4.78, 5) is 32.9. The molecule has 0 fully saturated rings. The number of hydrogen-bond donors (Lipinski definition) is 1. The maximum Gasteiger partial charge on any atom is 0.328 e. The fourth-order valence-electron chi connectivity index (χ4n) is 3.91. The van der Waals surface area contributed by atoms with Gasteiger partial charge in [-0.15, -0.1) is 0 Å². The van der Waals surface area contributed by atoms with Crippen molar-refractivity contribution in [1.29, 1.82) is 0 Å². The van der Waals surface area contributed by atoms with Crippen LogP contribution in [0.25, 0.3) is 33.7 Å². The Labute approximate surface area is 199 Å². The molecule has 0 saturated heterocycles. The fraction of sp³-hybridized carbons (Fsp3) is 0.154. The van der Waals surface area contributed by atoms with E-state index in [1.165, 1.54) is 4.57 Å². The van der Waals surface area contributed by atoms with Crippen molar-refractivity contribution in [3.8, 4) is 34.3 Å². The van der Waals surface area contributed by atoms with E-state index in [1.54, 1.807) is 50.6 Å². The first-order valence-electron chi connectivity index (χ1n) is 10.9. The molecule has 3 aromatic carbocycles. The molecule has 0 radical (unpaired) electrons. The zero-order valence-corrected chi connectivity index (χ0v) is 19.1. The van der Waals surface area contributed by atoms with Gasteiger partial charge in [0.05, 0.1) is 25.1 Å². The Balaban J connectivity index is 1.45. The highest BCUT2D eigenvalue weighted by atomic mass is 16.5. The molecule has 0 aliphatic heterocycles. The quantitative estimate of drug-likeness (QED) is 0.386. The summed E-state index contributed by atoms with van der Waals surface area (Å²) in [7, 11) is 3.11. The number of H-pyrrole nitrogens is 1. The van der Waals surface area contributed by atoms with Gasteiger partial charge < -0.3 is 19.0 Å². The van der Waals surface area contributed by atoms with Gasteiger partial charge in [0.25, 0.3) is 11.4 Å². The molecule has 0 spiro atoms.